The summed E-state index contributed by atoms with van der Waals surface area (Å²) in [5.41, 5.74) is 2.00. The SMILES string of the molecule is O.O=C1CCN2CCN=C([O-])CCN(CCN1)Cc1cccc(n1)C2.[Cu+2].[O-][Cl+3]([O-])([O-])[O-]. The van der Waals surface area contributed by atoms with E-state index in [1.807, 2.05) is 18.2 Å². The quantitative estimate of drug-likeness (QED) is 0.328. The molecular formula is C17H26ClCuN5O7. The van der Waals surface area contributed by atoms with Crippen molar-refractivity contribution in [2.45, 2.75) is 25.9 Å². The maximum Gasteiger partial charge on any atom is 2.00 e. The van der Waals surface area contributed by atoms with Crippen LogP contribution in [-0.2, 0) is 35.0 Å². The molecule has 0 spiro atoms. The first-order valence-electron chi connectivity index (χ1n) is 9.17. The third-order valence-corrected chi connectivity index (χ3v) is 4.39. The summed E-state index contributed by atoms with van der Waals surface area (Å²) in [6.07, 6.45) is 0.862. The Morgan fingerprint density at radius 3 is 2.10 bits per heavy atom. The van der Waals surface area contributed by atoms with Crippen molar-refractivity contribution >= 4 is 11.8 Å². The minimum Gasteiger partial charge on any atom is -0.862 e. The molecule has 1 aromatic heterocycles. The molecule has 2 unspecified atom stereocenters. The number of halogens is 1. The van der Waals surface area contributed by atoms with Gasteiger partial charge in [-0.05, 0) is 24.5 Å². The second-order valence-electron chi connectivity index (χ2n) is 6.68. The van der Waals surface area contributed by atoms with Gasteiger partial charge in [-0.1, -0.05) is 6.07 Å². The third-order valence-electron chi connectivity index (χ3n) is 4.39. The minimum atomic E-state index is -4.94. The van der Waals surface area contributed by atoms with Crippen molar-refractivity contribution in [3.8, 4) is 0 Å². The van der Waals surface area contributed by atoms with Crippen LogP contribution < -0.4 is 29.1 Å². The summed E-state index contributed by atoms with van der Waals surface area (Å²) < 4.78 is 34.0. The van der Waals surface area contributed by atoms with E-state index in [-0.39, 0.29) is 34.3 Å². The maximum absolute atomic E-state index is 12.0. The average molecular weight is 511 g/mol. The van der Waals surface area contributed by atoms with Crippen LogP contribution in [0.25, 0.3) is 0 Å². The van der Waals surface area contributed by atoms with E-state index in [0.29, 0.717) is 65.2 Å². The molecule has 0 saturated carbocycles. The van der Waals surface area contributed by atoms with Crippen molar-refractivity contribution in [3.63, 3.8) is 0 Å². The number of hydrogen-bond donors (Lipinski definition) is 1. The molecule has 2 atom stereocenters. The predicted octanol–water partition coefficient (Wildman–Crippen LogP) is -6.22. The predicted molar refractivity (Wildman–Crippen MR) is 93.0 cm³/mol. The van der Waals surface area contributed by atoms with Crippen molar-refractivity contribution in [3.05, 3.63) is 29.6 Å². The summed E-state index contributed by atoms with van der Waals surface area (Å²) >= 11 is 0. The normalized spacial score (nSPS) is 22.3. The summed E-state index contributed by atoms with van der Waals surface area (Å²) in [4.78, 5) is 25.2. The number of rotatable bonds is 0. The molecule has 2 aliphatic heterocycles. The van der Waals surface area contributed by atoms with Crippen molar-refractivity contribution in [1.29, 1.82) is 0 Å². The van der Waals surface area contributed by atoms with Crippen molar-refractivity contribution in [1.82, 2.24) is 20.1 Å². The molecule has 2 aliphatic rings. The van der Waals surface area contributed by atoms with E-state index in [4.69, 9.17) is 23.6 Å². The number of nitrogens with one attached hydrogen (secondary N) is 1. The Bertz CT molecular complexity index is 702. The monoisotopic (exact) mass is 510 g/mol. The van der Waals surface area contributed by atoms with Crippen molar-refractivity contribution in [2.75, 3.05) is 39.3 Å². The number of nitrogens with zero attached hydrogens (tertiary/aromatic N) is 4. The first kappa shape index (κ1) is 29.6. The van der Waals surface area contributed by atoms with Gasteiger partial charge in [0.1, 0.15) is 0 Å². The van der Waals surface area contributed by atoms with Crippen LogP contribution in [0.4, 0.5) is 0 Å². The molecule has 1 aromatic rings. The van der Waals surface area contributed by atoms with Crippen molar-refractivity contribution in [2.24, 2.45) is 4.99 Å². The Kier molecular flexibility index (Phi) is 14.0. The molecule has 12 nitrogen and oxygen atoms in total. The molecular weight excluding hydrogens is 485 g/mol. The van der Waals surface area contributed by atoms with Gasteiger partial charge in [-0.25, -0.2) is 18.6 Å². The van der Waals surface area contributed by atoms with E-state index in [2.05, 4.69) is 20.1 Å². The summed E-state index contributed by atoms with van der Waals surface area (Å²) in [7, 11) is -4.94. The summed E-state index contributed by atoms with van der Waals surface area (Å²) in [6.45, 7) is 5.05. The second kappa shape index (κ2) is 14.6. The van der Waals surface area contributed by atoms with Gasteiger partial charge >= 0.3 is 17.1 Å². The molecule has 3 rings (SSSR count). The van der Waals surface area contributed by atoms with Crippen LogP contribution in [0.15, 0.2) is 23.2 Å². The van der Waals surface area contributed by atoms with Gasteiger partial charge in [0, 0.05) is 52.2 Å². The molecule has 14 heteroatoms. The zero-order chi connectivity index (χ0) is 21.3. The van der Waals surface area contributed by atoms with Crippen LogP contribution >= 0.6 is 0 Å². The number of aliphatic imine (C=N–C) groups is 1. The molecule has 0 fully saturated rings. The van der Waals surface area contributed by atoms with Gasteiger partial charge in [-0.3, -0.25) is 19.6 Å². The van der Waals surface area contributed by atoms with Gasteiger partial charge in [0.25, 0.3) is 0 Å². The Labute approximate surface area is 193 Å². The van der Waals surface area contributed by atoms with E-state index < -0.39 is 10.2 Å². The van der Waals surface area contributed by atoms with Crippen LogP contribution in [0, 0.1) is 10.2 Å². The fraction of sp³-hybridized carbons (Fsp3) is 0.588. The summed E-state index contributed by atoms with van der Waals surface area (Å²) in [6, 6.07) is 6.07. The van der Waals surface area contributed by atoms with Crippen molar-refractivity contribution < 1.29 is 61.3 Å². The number of pyridine rings is 1. The van der Waals surface area contributed by atoms with Gasteiger partial charge < -0.3 is 20.9 Å². The number of fused-ring (bicyclic) bond motifs is 2. The Balaban J connectivity index is 0.00000116. The Morgan fingerprint density at radius 1 is 0.935 bits per heavy atom. The van der Waals surface area contributed by atoms with E-state index in [1.54, 1.807) is 0 Å². The van der Waals surface area contributed by atoms with Gasteiger partial charge in [0.05, 0.1) is 17.9 Å². The number of aromatic nitrogens is 1. The zero-order valence-electron chi connectivity index (χ0n) is 16.7. The van der Waals surface area contributed by atoms with Crippen LogP contribution in [0.3, 0.4) is 0 Å². The molecule has 0 saturated heterocycles. The van der Waals surface area contributed by atoms with E-state index in [9.17, 15) is 9.90 Å². The van der Waals surface area contributed by atoms with Crippen LogP contribution in [-0.4, -0.2) is 71.3 Å². The third kappa shape index (κ3) is 13.6. The minimum absolute atomic E-state index is 0. The number of hydrogen-bond acceptors (Lipinski definition) is 10. The second-order valence-corrected chi connectivity index (χ2v) is 7.43. The smallest absolute Gasteiger partial charge is 0.862 e. The molecule has 1 amide bonds. The van der Waals surface area contributed by atoms with Gasteiger partial charge in [0.2, 0.25) is 5.91 Å². The number of carbonyl (C=O) groups is 1. The van der Waals surface area contributed by atoms with E-state index in [0.717, 1.165) is 11.4 Å². The maximum atomic E-state index is 12.0. The first-order valence-corrected chi connectivity index (χ1v) is 10.4. The molecule has 3 heterocycles. The molecule has 0 aromatic carbocycles. The Morgan fingerprint density at radius 2 is 1.48 bits per heavy atom. The molecule has 31 heavy (non-hydrogen) atoms. The Hall–Kier alpha value is -1.38. The standard InChI is InChI=1S/C17H25N5O2.ClHO4.Cu.H2O/c23-16-4-8-21-10-6-18-17(24)5-9-22(11-7-19-16)13-15-3-1-2-14(12-21)20-15;2-1(3,4)5;;/h1-3H,4-13H2,(H,18,24)(H,19,23);(H,2,3,4,5);;1H2/q;;+2;/p-2. The number of carbonyl (C=O) groups excluding carboxylic acids is 1. The average Bonchev–Trinajstić information content (AvgIpc) is 2.63. The fourth-order valence-corrected chi connectivity index (χ4v) is 3.05. The zero-order valence-corrected chi connectivity index (χ0v) is 18.4. The topological polar surface area (TPSA) is 208 Å². The molecule has 3 N–H and O–H groups in total. The first-order chi connectivity index (χ1) is 13.7. The molecule has 0 aliphatic carbocycles. The largest absolute Gasteiger partial charge is 2.00 e. The molecule has 179 valence electrons. The van der Waals surface area contributed by atoms with E-state index >= 15 is 0 Å². The van der Waals surface area contributed by atoms with Crippen LogP contribution in [0.5, 0.6) is 0 Å². The van der Waals surface area contributed by atoms with E-state index in [1.165, 1.54) is 0 Å². The molecule has 1 radical (unpaired) electrons. The number of amides is 1. The van der Waals surface area contributed by atoms with Crippen LogP contribution in [0.1, 0.15) is 24.2 Å². The van der Waals surface area contributed by atoms with Crippen LogP contribution in [0.2, 0.25) is 0 Å². The molecule has 4 bridgehead atoms. The summed E-state index contributed by atoms with van der Waals surface area (Å²) in [5.74, 6) is 0.0314. The van der Waals surface area contributed by atoms with Gasteiger partial charge in [-0.15, -0.1) is 10.2 Å². The van der Waals surface area contributed by atoms with Gasteiger partial charge in [0.15, 0.2) is 0 Å². The van der Waals surface area contributed by atoms with Gasteiger partial charge in [-0.2, -0.15) is 0 Å². The summed E-state index contributed by atoms with van der Waals surface area (Å²) in [5, 5.41) is 14.9. The fourth-order valence-electron chi connectivity index (χ4n) is 3.05.